The topological polar surface area (TPSA) is 67.3 Å². The maximum absolute atomic E-state index is 6.15. The van der Waals surface area contributed by atoms with E-state index < -0.39 is 0 Å². The van der Waals surface area contributed by atoms with Gasteiger partial charge in [-0.25, -0.2) is 0 Å². The van der Waals surface area contributed by atoms with Gasteiger partial charge in [0.2, 0.25) is 0 Å². The highest BCUT2D eigenvalue weighted by Crippen LogP contribution is 2.06. The first-order valence-electron chi connectivity index (χ1n) is 7.53. The average molecular weight is 258 g/mol. The van der Waals surface area contributed by atoms with Crippen molar-refractivity contribution < 1.29 is 0 Å². The Kier molecular flexibility index (Phi) is 13.2. The van der Waals surface area contributed by atoms with Gasteiger partial charge in [-0.1, -0.05) is 25.7 Å². The van der Waals surface area contributed by atoms with Gasteiger partial charge < -0.3 is 16.8 Å². The van der Waals surface area contributed by atoms with Gasteiger partial charge in [0.25, 0.3) is 0 Å². The van der Waals surface area contributed by atoms with Crippen molar-refractivity contribution in [3.8, 4) is 0 Å². The monoisotopic (exact) mass is 258 g/mol. The molecule has 0 saturated heterocycles. The van der Waals surface area contributed by atoms with E-state index in [-0.39, 0.29) is 6.17 Å². The smallest absolute Gasteiger partial charge is 0.0569 e. The minimum absolute atomic E-state index is 0.222. The summed E-state index contributed by atoms with van der Waals surface area (Å²) in [7, 11) is 4.15. The molecule has 5 N–H and O–H groups in total. The number of nitrogens with zero attached hydrogens (tertiary/aromatic N) is 1. The summed E-state index contributed by atoms with van der Waals surface area (Å²) < 4.78 is 0. The molecule has 110 valence electrons. The number of hydrogen-bond donors (Lipinski definition) is 3. The highest BCUT2D eigenvalue weighted by molar-refractivity contribution is 4.62. The van der Waals surface area contributed by atoms with E-state index in [1.807, 2.05) is 7.05 Å². The Hall–Kier alpha value is -0.160. The minimum atomic E-state index is 0.222. The van der Waals surface area contributed by atoms with E-state index in [4.69, 9.17) is 11.5 Å². The van der Waals surface area contributed by atoms with Gasteiger partial charge in [-0.15, -0.1) is 0 Å². The van der Waals surface area contributed by atoms with Gasteiger partial charge in [-0.2, -0.15) is 0 Å². The summed E-state index contributed by atoms with van der Waals surface area (Å²) in [6.45, 7) is 3.06. The minimum Gasteiger partial charge on any atom is -0.330 e. The summed E-state index contributed by atoms with van der Waals surface area (Å²) >= 11 is 0. The van der Waals surface area contributed by atoms with Crippen LogP contribution in [0.15, 0.2) is 0 Å². The molecule has 0 aromatic heterocycles. The van der Waals surface area contributed by atoms with Crippen LogP contribution in [-0.2, 0) is 0 Å². The molecule has 0 heterocycles. The molecule has 0 aliphatic heterocycles. The summed E-state index contributed by atoms with van der Waals surface area (Å²) in [5, 5.41) is 3.18. The van der Waals surface area contributed by atoms with Crippen molar-refractivity contribution in [3.63, 3.8) is 0 Å². The zero-order valence-electron chi connectivity index (χ0n) is 12.5. The lowest BCUT2D eigenvalue weighted by Crippen LogP contribution is -2.39. The Morgan fingerprint density at radius 2 is 1.67 bits per heavy atom. The Bertz CT molecular complexity index is 164. The molecule has 0 bridgehead atoms. The van der Waals surface area contributed by atoms with Crippen LogP contribution in [0.4, 0.5) is 0 Å². The molecule has 0 fully saturated rings. The van der Waals surface area contributed by atoms with Crippen molar-refractivity contribution in [2.24, 2.45) is 11.5 Å². The Morgan fingerprint density at radius 1 is 1.00 bits per heavy atom. The standard InChI is InChI=1S/C14H34N4/c1-17-12-8-3-4-9-13-18(2)14(16)10-6-5-7-11-15/h14,17H,3-13,15-16H2,1-2H3. The molecule has 0 radical (unpaired) electrons. The van der Waals surface area contributed by atoms with Crippen molar-refractivity contribution in [2.75, 3.05) is 33.7 Å². The van der Waals surface area contributed by atoms with Crippen LogP contribution in [0, 0.1) is 0 Å². The fourth-order valence-electron chi connectivity index (χ4n) is 2.08. The molecule has 0 spiro atoms. The van der Waals surface area contributed by atoms with Crippen molar-refractivity contribution in [1.29, 1.82) is 0 Å². The van der Waals surface area contributed by atoms with Gasteiger partial charge in [-0.3, -0.25) is 4.90 Å². The molecule has 18 heavy (non-hydrogen) atoms. The zero-order valence-corrected chi connectivity index (χ0v) is 12.5. The van der Waals surface area contributed by atoms with Crippen molar-refractivity contribution in [1.82, 2.24) is 10.2 Å². The van der Waals surface area contributed by atoms with Crippen LogP contribution in [0.5, 0.6) is 0 Å². The number of unbranched alkanes of at least 4 members (excludes halogenated alkanes) is 5. The second kappa shape index (κ2) is 13.3. The maximum Gasteiger partial charge on any atom is 0.0569 e. The molecule has 0 aromatic rings. The molecular formula is C14H34N4. The number of rotatable bonds is 13. The van der Waals surface area contributed by atoms with E-state index in [0.29, 0.717) is 0 Å². The number of nitrogens with one attached hydrogen (secondary N) is 1. The van der Waals surface area contributed by atoms with Crippen LogP contribution in [0.2, 0.25) is 0 Å². The van der Waals surface area contributed by atoms with Gasteiger partial charge in [-0.05, 0) is 59.4 Å². The SMILES string of the molecule is CNCCCCCCN(C)C(N)CCCCCN. The van der Waals surface area contributed by atoms with Crippen LogP contribution in [0.1, 0.15) is 51.4 Å². The summed E-state index contributed by atoms with van der Waals surface area (Å²) in [5.41, 5.74) is 11.6. The highest BCUT2D eigenvalue weighted by Gasteiger charge is 2.08. The lowest BCUT2D eigenvalue weighted by atomic mass is 10.1. The maximum atomic E-state index is 6.15. The van der Waals surface area contributed by atoms with Crippen molar-refractivity contribution in [3.05, 3.63) is 0 Å². The Labute approximate surface area is 113 Å². The first kappa shape index (κ1) is 17.8. The molecule has 1 unspecified atom stereocenters. The third kappa shape index (κ3) is 11.0. The van der Waals surface area contributed by atoms with Crippen LogP contribution in [0.3, 0.4) is 0 Å². The van der Waals surface area contributed by atoms with Gasteiger partial charge in [0, 0.05) is 0 Å². The first-order chi connectivity index (χ1) is 8.72. The Morgan fingerprint density at radius 3 is 2.33 bits per heavy atom. The molecule has 0 aromatic carbocycles. The lowest BCUT2D eigenvalue weighted by molar-refractivity contribution is 0.226. The van der Waals surface area contributed by atoms with E-state index in [1.54, 1.807) is 0 Å². The third-order valence-electron chi connectivity index (χ3n) is 3.46. The second-order valence-electron chi connectivity index (χ2n) is 5.20. The van der Waals surface area contributed by atoms with Crippen LogP contribution in [-0.4, -0.2) is 44.8 Å². The van der Waals surface area contributed by atoms with Crippen LogP contribution in [0.25, 0.3) is 0 Å². The molecule has 4 heteroatoms. The predicted octanol–water partition coefficient (Wildman–Crippen LogP) is 1.50. The molecule has 0 saturated carbocycles. The fraction of sp³-hybridized carbons (Fsp3) is 1.00. The number of hydrogen-bond acceptors (Lipinski definition) is 4. The third-order valence-corrected chi connectivity index (χ3v) is 3.46. The molecule has 1 atom stereocenters. The van der Waals surface area contributed by atoms with Gasteiger partial charge in [0.05, 0.1) is 6.17 Å². The fourth-order valence-corrected chi connectivity index (χ4v) is 2.08. The summed E-state index contributed by atoms with van der Waals surface area (Å²) in [6.07, 6.45) is 10.0. The average Bonchev–Trinajstić information content (AvgIpc) is 2.38. The van der Waals surface area contributed by atoms with Crippen molar-refractivity contribution >= 4 is 0 Å². The first-order valence-corrected chi connectivity index (χ1v) is 7.53. The second-order valence-corrected chi connectivity index (χ2v) is 5.20. The predicted molar refractivity (Wildman–Crippen MR) is 80.5 cm³/mol. The van der Waals surface area contributed by atoms with E-state index in [2.05, 4.69) is 17.3 Å². The van der Waals surface area contributed by atoms with E-state index >= 15 is 0 Å². The molecule has 0 amide bonds. The van der Waals surface area contributed by atoms with Gasteiger partial charge in [0.1, 0.15) is 0 Å². The Balaban J connectivity index is 3.35. The van der Waals surface area contributed by atoms with Crippen LogP contribution < -0.4 is 16.8 Å². The van der Waals surface area contributed by atoms with Gasteiger partial charge >= 0.3 is 0 Å². The molecule has 4 nitrogen and oxygen atoms in total. The van der Waals surface area contributed by atoms with E-state index in [9.17, 15) is 0 Å². The summed E-state index contributed by atoms with van der Waals surface area (Å²) in [5.74, 6) is 0. The normalized spacial score (nSPS) is 13.2. The van der Waals surface area contributed by atoms with Crippen LogP contribution >= 0.6 is 0 Å². The largest absolute Gasteiger partial charge is 0.330 e. The van der Waals surface area contributed by atoms with Gasteiger partial charge in [0.15, 0.2) is 0 Å². The van der Waals surface area contributed by atoms with Crippen molar-refractivity contribution in [2.45, 2.75) is 57.5 Å². The summed E-state index contributed by atoms with van der Waals surface area (Å²) in [6, 6.07) is 0. The molecule has 0 rings (SSSR count). The van der Waals surface area contributed by atoms with E-state index in [0.717, 1.165) is 32.5 Å². The molecule has 0 aliphatic rings. The highest BCUT2D eigenvalue weighted by atomic mass is 15.2. The summed E-state index contributed by atoms with van der Waals surface area (Å²) in [4.78, 5) is 2.29. The molecule has 0 aliphatic carbocycles. The molecular weight excluding hydrogens is 224 g/mol. The number of nitrogens with two attached hydrogens (primary N) is 2. The lowest BCUT2D eigenvalue weighted by Gasteiger charge is -2.24. The zero-order chi connectivity index (χ0) is 13.6. The quantitative estimate of drug-likeness (QED) is 0.346. The van der Waals surface area contributed by atoms with E-state index in [1.165, 1.54) is 38.5 Å².